The lowest BCUT2D eigenvalue weighted by atomic mass is 9.55. The zero-order valence-electron chi connectivity index (χ0n) is 13.0. The first-order chi connectivity index (χ1) is 11.7. The molecule has 0 bridgehead atoms. The first-order valence-corrected chi connectivity index (χ1v) is 7.75. The van der Waals surface area contributed by atoms with Gasteiger partial charge in [-0.3, -0.25) is 4.98 Å². The number of pyridine rings is 1. The summed E-state index contributed by atoms with van der Waals surface area (Å²) in [5, 5.41) is 0. The van der Waals surface area contributed by atoms with Crippen molar-refractivity contribution in [3.63, 3.8) is 0 Å². The minimum absolute atomic E-state index is 0.301. The number of nitrogens with zero attached hydrogens (tertiary/aromatic N) is 1. The summed E-state index contributed by atoms with van der Waals surface area (Å²) in [4.78, 5) is 4.27. The standard InChI is InChI=1S/C19H16BF2NO/c21-17-8-4-15(5-9-17)20(16-6-10-18(22)11-7-16)24-14-12-19-3-1-2-13-23-19/h1-11,13H,12,14H2. The molecule has 0 saturated carbocycles. The molecule has 1 heterocycles. The molecule has 3 rings (SSSR count). The molecular weight excluding hydrogens is 307 g/mol. The number of halogens is 2. The maximum absolute atomic E-state index is 13.2. The van der Waals surface area contributed by atoms with Crippen molar-refractivity contribution >= 4 is 17.8 Å². The lowest BCUT2D eigenvalue weighted by Gasteiger charge is -2.15. The van der Waals surface area contributed by atoms with Gasteiger partial charge >= 0.3 is 6.92 Å². The number of rotatable bonds is 6. The van der Waals surface area contributed by atoms with Crippen LogP contribution in [0.1, 0.15) is 5.69 Å². The van der Waals surface area contributed by atoms with Gasteiger partial charge in [0.05, 0.1) is 0 Å². The van der Waals surface area contributed by atoms with Crippen molar-refractivity contribution in [2.45, 2.75) is 6.42 Å². The third kappa shape index (κ3) is 4.27. The van der Waals surface area contributed by atoms with Crippen LogP contribution in [-0.4, -0.2) is 18.5 Å². The van der Waals surface area contributed by atoms with Gasteiger partial charge in [0.1, 0.15) is 11.6 Å². The molecule has 5 heteroatoms. The second-order valence-electron chi connectivity index (χ2n) is 5.43. The fraction of sp³-hybridized carbons (Fsp3) is 0.105. The minimum Gasteiger partial charge on any atom is -0.426 e. The highest BCUT2D eigenvalue weighted by molar-refractivity contribution is 6.80. The molecule has 1 aromatic heterocycles. The summed E-state index contributed by atoms with van der Waals surface area (Å²) < 4.78 is 32.4. The van der Waals surface area contributed by atoms with Gasteiger partial charge in [0.15, 0.2) is 0 Å². The first-order valence-electron chi connectivity index (χ1n) is 7.75. The van der Waals surface area contributed by atoms with E-state index < -0.39 is 0 Å². The minimum atomic E-state index is -0.380. The normalized spacial score (nSPS) is 10.6. The molecule has 24 heavy (non-hydrogen) atoms. The maximum Gasteiger partial charge on any atom is 0.361 e. The van der Waals surface area contributed by atoms with Crippen molar-refractivity contribution in [1.82, 2.24) is 4.98 Å². The van der Waals surface area contributed by atoms with Gasteiger partial charge in [-0.2, -0.15) is 0 Å². The Morgan fingerprint density at radius 3 is 1.88 bits per heavy atom. The summed E-state index contributed by atoms with van der Waals surface area (Å²) in [6.07, 6.45) is 2.41. The van der Waals surface area contributed by atoms with Gasteiger partial charge in [-0.1, -0.05) is 30.3 Å². The maximum atomic E-state index is 13.2. The first kappa shape index (κ1) is 16.3. The molecule has 120 valence electrons. The van der Waals surface area contributed by atoms with Gasteiger partial charge in [0.25, 0.3) is 0 Å². The van der Waals surface area contributed by atoms with Crippen molar-refractivity contribution in [1.29, 1.82) is 0 Å². The number of benzene rings is 2. The Morgan fingerprint density at radius 2 is 1.38 bits per heavy atom. The van der Waals surface area contributed by atoms with Crippen LogP contribution in [0.3, 0.4) is 0 Å². The van der Waals surface area contributed by atoms with Crippen LogP contribution in [0, 0.1) is 11.6 Å². The molecule has 3 aromatic rings. The van der Waals surface area contributed by atoms with E-state index in [0.717, 1.165) is 16.6 Å². The fourth-order valence-electron chi connectivity index (χ4n) is 2.49. The van der Waals surface area contributed by atoms with E-state index in [2.05, 4.69) is 4.98 Å². The predicted octanol–water partition coefficient (Wildman–Crippen LogP) is 2.72. The third-order valence-electron chi connectivity index (χ3n) is 3.71. The molecule has 0 aliphatic rings. The summed E-state index contributed by atoms with van der Waals surface area (Å²) in [7, 11) is 0. The topological polar surface area (TPSA) is 22.1 Å². The van der Waals surface area contributed by atoms with Crippen molar-refractivity contribution in [3.8, 4) is 0 Å². The van der Waals surface area contributed by atoms with Crippen molar-refractivity contribution in [3.05, 3.63) is 90.3 Å². The number of aromatic nitrogens is 1. The van der Waals surface area contributed by atoms with Crippen LogP contribution < -0.4 is 10.9 Å². The quantitative estimate of drug-likeness (QED) is 0.651. The second kappa shape index (κ2) is 7.84. The van der Waals surface area contributed by atoms with Crippen molar-refractivity contribution in [2.24, 2.45) is 0 Å². The average Bonchev–Trinajstić information content (AvgIpc) is 2.62. The summed E-state index contributed by atoms with van der Waals surface area (Å²) in [6, 6.07) is 18.1. The van der Waals surface area contributed by atoms with Crippen LogP contribution in [-0.2, 0) is 11.1 Å². The van der Waals surface area contributed by atoms with Crippen LogP contribution in [0.15, 0.2) is 72.9 Å². The molecular formula is C19H16BF2NO. The Balaban J connectivity index is 1.76. The SMILES string of the molecule is Fc1ccc(B(OCCc2ccccn2)c2ccc(F)cc2)cc1. The Morgan fingerprint density at radius 1 is 0.792 bits per heavy atom. The molecule has 0 saturated heterocycles. The highest BCUT2D eigenvalue weighted by Gasteiger charge is 2.21. The number of hydrogen-bond acceptors (Lipinski definition) is 2. The van der Waals surface area contributed by atoms with Crippen LogP contribution in [0.5, 0.6) is 0 Å². The molecule has 2 aromatic carbocycles. The Bertz CT molecular complexity index is 718. The molecule has 0 radical (unpaired) electrons. The summed E-state index contributed by atoms with van der Waals surface area (Å²) in [5.74, 6) is -0.602. The molecule has 0 aliphatic heterocycles. The second-order valence-corrected chi connectivity index (χ2v) is 5.43. The van der Waals surface area contributed by atoms with E-state index >= 15 is 0 Å². The molecule has 0 spiro atoms. The van der Waals surface area contributed by atoms with E-state index in [1.807, 2.05) is 18.2 Å². The highest BCUT2D eigenvalue weighted by Crippen LogP contribution is 2.02. The monoisotopic (exact) mass is 323 g/mol. The van der Waals surface area contributed by atoms with Crippen molar-refractivity contribution < 1.29 is 13.4 Å². The van der Waals surface area contributed by atoms with Crippen molar-refractivity contribution in [2.75, 3.05) is 6.61 Å². The van der Waals surface area contributed by atoms with E-state index in [1.54, 1.807) is 30.5 Å². The lowest BCUT2D eigenvalue weighted by Crippen LogP contribution is -2.45. The van der Waals surface area contributed by atoms with E-state index in [1.165, 1.54) is 24.3 Å². The largest absolute Gasteiger partial charge is 0.426 e. The predicted molar refractivity (Wildman–Crippen MR) is 91.7 cm³/mol. The zero-order valence-corrected chi connectivity index (χ0v) is 13.0. The molecule has 0 amide bonds. The Labute approximate surface area is 140 Å². The summed E-state index contributed by atoms with van der Waals surface area (Å²) in [6.45, 7) is 0.0751. The molecule has 0 N–H and O–H groups in total. The Hall–Kier alpha value is -2.53. The fourth-order valence-corrected chi connectivity index (χ4v) is 2.49. The lowest BCUT2D eigenvalue weighted by molar-refractivity contribution is 0.336. The van der Waals surface area contributed by atoms with Gasteiger partial charge in [0, 0.05) is 24.9 Å². The van der Waals surface area contributed by atoms with E-state index in [0.29, 0.717) is 13.0 Å². The highest BCUT2D eigenvalue weighted by atomic mass is 19.1. The van der Waals surface area contributed by atoms with Gasteiger partial charge in [0.2, 0.25) is 0 Å². The summed E-state index contributed by atoms with van der Waals surface area (Å²) >= 11 is 0. The van der Waals surface area contributed by atoms with Crippen LogP contribution in [0.25, 0.3) is 0 Å². The van der Waals surface area contributed by atoms with Gasteiger partial charge in [-0.05, 0) is 47.3 Å². The number of hydrogen-bond donors (Lipinski definition) is 0. The average molecular weight is 323 g/mol. The molecule has 0 atom stereocenters. The van der Waals surface area contributed by atoms with Gasteiger partial charge in [-0.25, -0.2) is 8.78 Å². The van der Waals surface area contributed by atoms with Gasteiger partial charge in [-0.15, -0.1) is 0 Å². The molecule has 0 fully saturated rings. The van der Waals surface area contributed by atoms with Crippen LogP contribution >= 0.6 is 0 Å². The van der Waals surface area contributed by atoms with Crippen LogP contribution in [0.4, 0.5) is 8.78 Å². The van der Waals surface area contributed by atoms with Crippen LogP contribution in [0.2, 0.25) is 0 Å². The molecule has 0 unspecified atom stereocenters. The van der Waals surface area contributed by atoms with E-state index in [4.69, 9.17) is 4.65 Å². The summed E-state index contributed by atoms with van der Waals surface area (Å²) in [5.41, 5.74) is 2.59. The van der Waals surface area contributed by atoms with E-state index in [-0.39, 0.29) is 18.6 Å². The third-order valence-corrected chi connectivity index (χ3v) is 3.71. The zero-order chi connectivity index (χ0) is 16.8. The smallest absolute Gasteiger partial charge is 0.361 e. The van der Waals surface area contributed by atoms with E-state index in [9.17, 15) is 8.78 Å². The van der Waals surface area contributed by atoms with Gasteiger partial charge < -0.3 is 4.65 Å². The molecule has 2 nitrogen and oxygen atoms in total. The molecule has 0 aliphatic carbocycles. The Kier molecular flexibility index (Phi) is 5.34.